The van der Waals surface area contributed by atoms with Crippen LogP contribution in [-0.2, 0) is 0 Å². The molecule has 0 spiro atoms. The first kappa shape index (κ1) is 12.4. The minimum absolute atomic E-state index is 0.140. The van der Waals surface area contributed by atoms with Crippen LogP contribution >= 0.6 is 11.3 Å². The number of piperidine rings is 1. The van der Waals surface area contributed by atoms with Crippen molar-refractivity contribution in [3.05, 3.63) is 40.7 Å². The van der Waals surface area contributed by atoms with E-state index in [1.54, 1.807) is 5.51 Å². The molecule has 19 heavy (non-hydrogen) atoms. The Bertz CT molecular complexity index is 559. The maximum Gasteiger partial charge on any atom is 0.266 e. The van der Waals surface area contributed by atoms with E-state index in [0.717, 1.165) is 42.1 Å². The average molecular weight is 272 g/mol. The van der Waals surface area contributed by atoms with Crippen LogP contribution in [0.5, 0.6) is 0 Å². The molecule has 2 heterocycles. The summed E-state index contributed by atoms with van der Waals surface area (Å²) in [5.41, 5.74) is 3.60. The molecule has 3 nitrogen and oxygen atoms in total. The van der Waals surface area contributed by atoms with Gasteiger partial charge in [0.1, 0.15) is 4.88 Å². The number of carbonyl (C=O) groups is 1. The fourth-order valence-electron chi connectivity index (χ4n) is 2.44. The lowest BCUT2D eigenvalue weighted by molar-refractivity contribution is 0.0730. The Labute approximate surface area is 116 Å². The highest BCUT2D eigenvalue weighted by Gasteiger charge is 2.23. The zero-order valence-corrected chi connectivity index (χ0v) is 11.5. The zero-order chi connectivity index (χ0) is 13.1. The van der Waals surface area contributed by atoms with Crippen LogP contribution in [0.15, 0.2) is 35.8 Å². The fraction of sp³-hybridized carbons (Fsp3) is 0.333. The molecule has 1 saturated heterocycles. The molecule has 0 atom stereocenters. The standard InChI is InChI=1S/C15H16N2OS/c18-15(17-9-5-2-6-10-17)14-13(16-11-19-14)12-7-3-1-4-8-12/h1,3-4,7-8,11H,2,5-6,9-10H2. The van der Waals surface area contributed by atoms with Crippen LogP contribution in [0.25, 0.3) is 11.3 Å². The Morgan fingerprint density at radius 2 is 1.84 bits per heavy atom. The number of likely N-dealkylation sites (tertiary alicyclic amines) is 1. The van der Waals surface area contributed by atoms with E-state index < -0.39 is 0 Å². The van der Waals surface area contributed by atoms with Gasteiger partial charge in [-0.15, -0.1) is 11.3 Å². The number of hydrogen-bond acceptors (Lipinski definition) is 3. The molecule has 1 fully saturated rings. The molecule has 0 unspecified atom stereocenters. The van der Waals surface area contributed by atoms with Crippen LogP contribution in [0.2, 0.25) is 0 Å². The van der Waals surface area contributed by atoms with E-state index in [-0.39, 0.29) is 5.91 Å². The van der Waals surface area contributed by atoms with E-state index in [9.17, 15) is 4.79 Å². The van der Waals surface area contributed by atoms with Crippen LogP contribution in [0, 0.1) is 0 Å². The minimum atomic E-state index is 0.140. The van der Waals surface area contributed by atoms with E-state index in [1.807, 2.05) is 35.2 Å². The van der Waals surface area contributed by atoms with E-state index in [1.165, 1.54) is 17.8 Å². The number of rotatable bonds is 2. The second-order valence-electron chi connectivity index (χ2n) is 4.75. The summed E-state index contributed by atoms with van der Waals surface area (Å²) in [6.07, 6.45) is 3.47. The largest absolute Gasteiger partial charge is 0.338 e. The van der Waals surface area contributed by atoms with Crippen LogP contribution in [0.3, 0.4) is 0 Å². The maximum absolute atomic E-state index is 12.6. The molecule has 0 N–H and O–H groups in total. The molecule has 4 heteroatoms. The van der Waals surface area contributed by atoms with Gasteiger partial charge in [-0.3, -0.25) is 4.79 Å². The lowest BCUT2D eigenvalue weighted by Gasteiger charge is -2.26. The molecule has 1 aliphatic heterocycles. The van der Waals surface area contributed by atoms with E-state index in [0.29, 0.717) is 0 Å². The summed E-state index contributed by atoms with van der Waals surface area (Å²) in [6.45, 7) is 1.76. The summed E-state index contributed by atoms with van der Waals surface area (Å²) in [6, 6.07) is 9.93. The number of aromatic nitrogens is 1. The van der Waals surface area contributed by atoms with Gasteiger partial charge in [-0.1, -0.05) is 30.3 Å². The second kappa shape index (κ2) is 5.53. The molecule has 0 bridgehead atoms. The molecule has 0 saturated carbocycles. The van der Waals surface area contributed by atoms with Crippen molar-refractivity contribution in [3.8, 4) is 11.3 Å². The summed E-state index contributed by atoms with van der Waals surface area (Å²) in [5.74, 6) is 0.140. The fourth-order valence-corrected chi connectivity index (χ4v) is 3.22. The van der Waals surface area contributed by atoms with Crippen molar-refractivity contribution in [2.24, 2.45) is 0 Å². The average Bonchev–Trinajstić information content (AvgIpc) is 2.98. The minimum Gasteiger partial charge on any atom is -0.338 e. The topological polar surface area (TPSA) is 33.2 Å². The highest BCUT2D eigenvalue weighted by atomic mass is 32.1. The molecule has 0 aliphatic carbocycles. The predicted molar refractivity (Wildman–Crippen MR) is 77.3 cm³/mol. The van der Waals surface area contributed by atoms with Gasteiger partial charge in [0, 0.05) is 18.7 Å². The Balaban J connectivity index is 1.89. The van der Waals surface area contributed by atoms with Gasteiger partial charge in [-0.25, -0.2) is 4.98 Å². The molecular formula is C15H16N2OS. The Hall–Kier alpha value is -1.68. The van der Waals surface area contributed by atoms with Gasteiger partial charge >= 0.3 is 0 Å². The van der Waals surface area contributed by atoms with E-state index in [2.05, 4.69) is 4.98 Å². The Morgan fingerprint density at radius 3 is 2.58 bits per heavy atom. The maximum atomic E-state index is 12.6. The zero-order valence-electron chi connectivity index (χ0n) is 10.7. The molecule has 0 radical (unpaired) electrons. The molecule has 98 valence electrons. The molecule has 3 rings (SSSR count). The van der Waals surface area contributed by atoms with Gasteiger partial charge in [0.05, 0.1) is 11.2 Å². The first-order valence-corrected chi connectivity index (χ1v) is 7.52. The smallest absolute Gasteiger partial charge is 0.266 e. The third-order valence-electron chi connectivity index (χ3n) is 3.45. The molecule has 1 aromatic carbocycles. The number of hydrogen-bond donors (Lipinski definition) is 0. The van der Waals surface area contributed by atoms with Crippen LogP contribution in [0.4, 0.5) is 0 Å². The lowest BCUT2D eigenvalue weighted by Crippen LogP contribution is -2.35. The number of nitrogens with zero attached hydrogens (tertiary/aromatic N) is 2. The summed E-state index contributed by atoms with van der Waals surface area (Å²) >= 11 is 1.44. The third kappa shape index (κ3) is 2.54. The first-order valence-electron chi connectivity index (χ1n) is 6.64. The van der Waals surface area contributed by atoms with Crippen molar-refractivity contribution in [2.45, 2.75) is 19.3 Å². The van der Waals surface area contributed by atoms with Crippen LogP contribution in [0.1, 0.15) is 28.9 Å². The van der Waals surface area contributed by atoms with Gasteiger partial charge in [-0.2, -0.15) is 0 Å². The van der Waals surface area contributed by atoms with Gasteiger partial charge < -0.3 is 4.90 Å². The summed E-state index contributed by atoms with van der Waals surface area (Å²) in [5, 5.41) is 0. The number of carbonyl (C=O) groups excluding carboxylic acids is 1. The summed E-state index contributed by atoms with van der Waals surface area (Å²) in [4.78, 5) is 19.7. The number of benzene rings is 1. The summed E-state index contributed by atoms with van der Waals surface area (Å²) < 4.78 is 0. The normalized spacial score (nSPS) is 15.5. The van der Waals surface area contributed by atoms with Crippen molar-refractivity contribution >= 4 is 17.2 Å². The monoisotopic (exact) mass is 272 g/mol. The number of amides is 1. The lowest BCUT2D eigenvalue weighted by atomic mass is 10.1. The third-order valence-corrected chi connectivity index (χ3v) is 4.27. The van der Waals surface area contributed by atoms with Crippen molar-refractivity contribution in [1.29, 1.82) is 0 Å². The van der Waals surface area contributed by atoms with Gasteiger partial charge in [0.25, 0.3) is 5.91 Å². The Morgan fingerprint density at radius 1 is 1.11 bits per heavy atom. The molecule has 2 aromatic rings. The molecular weight excluding hydrogens is 256 g/mol. The second-order valence-corrected chi connectivity index (χ2v) is 5.60. The predicted octanol–water partition coefficient (Wildman–Crippen LogP) is 3.44. The van der Waals surface area contributed by atoms with Crippen molar-refractivity contribution in [3.63, 3.8) is 0 Å². The highest BCUT2D eigenvalue weighted by molar-refractivity contribution is 7.12. The SMILES string of the molecule is O=C(c1scnc1-c1ccccc1)N1CCCCC1. The van der Waals surface area contributed by atoms with Gasteiger partial charge in [0.15, 0.2) is 0 Å². The summed E-state index contributed by atoms with van der Waals surface area (Å²) in [7, 11) is 0. The molecule has 1 amide bonds. The van der Waals surface area contributed by atoms with Gasteiger partial charge in [-0.05, 0) is 19.3 Å². The van der Waals surface area contributed by atoms with Crippen LogP contribution < -0.4 is 0 Å². The van der Waals surface area contributed by atoms with Crippen molar-refractivity contribution < 1.29 is 4.79 Å². The highest BCUT2D eigenvalue weighted by Crippen LogP contribution is 2.27. The van der Waals surface area contributed by atoms with Crippen molar-refractivity contribution in [2.75, 3.05) is 13.1 Å². The van der Waals surface area contributed by atoms with Gasteiger partial charge in [0.2, 0.25) is 0 Å². The van der Waals surface area contributed by atoms with Crippen molar-refractivity contribution in [1.82, 2.24) is 9.88 Å². The van der Waals surface area contributed by atoms with E-state index >= 15 is 0 Å². The van der Waals surface area contributed by atoms with E-state index in [4.69, 9.17) is 0 Å². The first-order chi connectivity index (χ1) is 9.36. The Kier molecular flexibility index (Phi) is 3.60. The number of thiazole rings is 1. The van der Waals surface area contributed by atoms with Crippen LogP contribution in [-0.4, -0.2) is 28.9 Å². The molecule has 1 aliphatic rings. The molecule has 1 aromatic heterocycles. The quantitative estimate of drug-likeness (QED) is 0.839.